The Morgan fingerprint density at radius 1 is 1.10 bits per heavy atom. The van der Waals surface area contributed by atoms with E-state index in [1.165, 1.54) is 4.31 Å². The number of ether oxygens (including phenoxy) is 2. The quantitative estimate of drug-likeness (QED) is 0.865. The zero-order valence-electron chi connectivity index (χ0n) is 11.7. The topological polar surface area (TPSA) is 55.8 Å². The SMILES string of the molecule is CN(CC1OCCO1)S(=O)(=O)c1cccc2ccccc12. The van der Waals surface area contributed by atoms with E-state index in [1.54, 1.807) is 19.2 Å². The predicted molar refractivity (Wildman–Crippen MR) is 79.5 cm³/mol. The van der Waals surface area contributed by atoms with Crippen LogP contribution in [0.15, 0.2) is 47.4 Å². The molecular weight excluding hydrogens is 290 g/mol. The zero-order chi connectivity index (χ0) is 14.9. The lowest BCUT2D eigenvalue weighted by Gasteiger charge is -2.20. The summed E-state index contributed by atoms with van der Waals surface area (Å²) in [4.78, 5) is 0.307. The Hall–Kier alpha value is -1.47. The Morgan fingerprint density at radius 3 is 2.52 bits per heavy atom. The second kappa shape index (κ2) is 5.73. The first-order valence-corrected chi connectivity index (χ1v) is 8.20. The molecule has 5 nitrogen and oxygen atoms in total. The van der Waals surface area contributed by atoms with Gasteiger partial charge in [-0.3, -0.25) is 0 Å². The molecule has 112 valence electrons. The Labute approximate surface area is 124 Å². The van der Waals surface area contributed by atoms with E-state index >= 15 is 0 Å². The molecule has 0 N–H and O–H groups in total. The molecule has 0 atom stereocenters. The molecule has 1 aliphatic heterocycles. The van der Waals surface area contributed by atoms with Crippen molar-refractivity contribution in [3.05, 3.63) is 42.5 Å². The van der Waals surface area contributed by atoms with Crippen molar-refractivity contribution in [3.63, 3.8) is 0 Å². The highest BCUT2D eigenvalue weighted by atomic mass is 32.2. The number of fused-ring (bicyclic) bond motifs is 1. The van der Waals surface area contributed by atoms with Crippen LogP contribution in [0.2, 0.25) is 0 Å². The molecule has 0 bridgehead atoms. The molecule has 1 heterocycles. The summed E-state index contributed by atoms with van der Waals surface area (Å²) in [6.45, 7) is 1.20. The van der Waals surface area contributed by atoms with Gasteiger partial charge in [0.1, 0.15) is 0 Å². The molecular formula is C15H17NO4S. The van der Waals surface area contributed by atoms with Gasteiger partial charge in [0.05, 0.1) is 24.7 Å². The van der Waals surface area contributed by atoms with Crippen molar-refractivity contribution in [2.75, 3.05) is 26.8 Å². The van der Waals surface area contributed by atoms with Gasteiger partial charge in [0.25, 0.3) is 0 Å². The monoisotopic (exact) mass is 307 g/mol. The van der Waals surface area contributed by atoms with Crippen LogP contribution in [0.3, 0.4) is 0 Å². The van der Waals surface area contributed by atoms with Crippen LogP contribution < -0.4 is 0 Å². The van der Waals surface area contributed by atoms with E-state index in [0.29, 0.717) is 18.1 Å². The van der Waals surface area contributed by atoms with E-state index in [1.807, 2.05) is 30.3 Å². The maximum absolute atomic E-state index is 12.7. The number of benzene rings is 2. The molecule has 1 aliphatic rings. The number of rotatable bonds is 4. The Bertz CT molecular complexity index is 733. The molecule has 0 saturated carbocycles. The lowest BCUT2D eigenvalue weighted by molar-refractivity contribution is -0.0482. The van der Waals surface area contributed by atoms with E-state index in [-0.39, 0.29) is 6.54 Å². The number of hydrogen-bond acceptors (Lipinski definition) is 4. The third-order valence-corrected chi connectivity index (χ3v) is 5.42. The van der Waals surface area contributed by atoms with Gasteiger partial charge in [-0.25, -0.2) is 8.42 Å². The van der Waals surface area contributed by atoms with Crippen molar-refractivity contribution < 1.29 is 17.9 Å². The van der Waals surface area contributed by atoms with Gasteiger partial charge < -0.3 is 9.47 Å². The fourth-order valence-electron chi connectivity index (χ4n) is 2.41. The molecule has 21 heavy (non-hydrogen) atoms. The van der Waals surface area contributed by atoms with E-state index in [4.69, 9.17) is 9.47 Å². The predicted octanol–water partition coefficient (Wildman–Crippen LogP) is 1.83. The minimum absolute atomic E-state index is 0.186. The molecule has 6 heteroatoms. The van der Waals surface area contributed by atoms with E-state index in [2.05, 4.69) is 0 Å². The number of likely N-dealkylation sites (N-methyl/N-ethyl adjacent to an activating group) is 1. The average molecular weight is 307 g/mol. The lowest BCUT2D eigenvalue weighted by atomic mass is 10.1. The molecule has 0 aromatic heterocycles. The Balaban J connectivity index is 1.95. The van der Waals surface area contributed by atoms with Gasteiger partial charge in [0.15, 0.2) is 6.29 Å². The van der Waals surface area contributed by atoms with Gasteiger partial charge >= 0.3 is 0 Å². The Kier molecular flexibility index (Phi) is 3.95. The van der Waals surface area contributed by atoms with E-state index in [0.717, 1.165) is 10.8 Å². The molecule has 0 unspecified atom stereocenters. The molecule has 0 radical (unpaired) electrons. The van der Waals surface area contributed by atoms with Crippen molar-refractivity contribution >= 4 is 20.8 Å². The van der Waals surface area contributed by atoms with Gasteiger partial charge in [-0.2, -0.15) is 4.31 Å². The first-order chi connectivity index (χ1) is 10.1. The van der Waals surface area contributed by atoms with Crippen LogP contribution in [0, 0.1) is 0 Å². The zero-order valence-corrected chi connectivity index (χ0v) is 12.5. The van der Waals surface area contributed by atoms with E-state index in [9.17, 15) is 8.42 Å². The molecule has 0 spiro atoms. The van der Waals surface area contributed by atoms with Crippen molar-refractivity contribution in [1.82, 2.24) is 4.31 Å². The smallest absolute Gasteiger partial charge is 0.243 e. The summed E-state index contributed by atoms with van der Waals surface area (Å²) in [5, 5.41) is 1.63. The van der Waals surface area contributed by atoms with E-state index < -0.39 is 16.3 Å². The number of nitrogens with zero attached hydrogens (tertiary/aromatic N) is 1. The van der Waals surface area contributed by atoms with Crippen LogP contribution in [0.5, 0.6) is 0 Å². The summed E-state index contributed by atoms with van der Waals surface area (Å²) < 4.78 is 37.4. The maximum atomic E-state index is 12.7. The van der Waals surface area contributed by atoms with Gasteiger partial charge in [0, 0.05) is 12.4 Å². The third kappa shape index (κ3) is 2.80. The third-order valence-electron chi connectivity index (χ3n) is 3.53. The van der Waals surface area contributed by atoms with Crippen molar-refractivity contribution in [1.29, 1.82) is 0 Å². The van der Waals surface area contributed by atoms with Crippen LogP contribution in [0.25, 0.3) is 10.8 Å². The highest BCUT2D eigenvalue weighted by molar-refractivity contribution is 7.89. The highest BCUT2D eigenvalue weighted by Crippen LogP contribution is 2.25. The highest BCUT2D eigenvalue weighted by Gasteiger charge is 2.27. The fraction of sp³-hybridized carbons (Fsp3) is 0.333. The molecule has 0 amide bonds. The molecule has 1 saturated heterocycles. The molecule has 1 fully saturated rings. The van der Waals surface area contributed by atoms with Gasteiger partial charge in [-0.1, -0.05) is 36.4 Å². The second-order valence-corrected chi connectivity index (χ2v) is 6.95. The summed E-state index contributed by atoms with van der Waals surface area (Å²) in [6, 6.07) is 12.7. The minimum Gasteiger partial charge on any atom is -0.349 e. The van der Waals surface area contributed by atoms with Crippen molar-refractivity contribution in [2.45, 2.75) is 11.2 Å². The summed E-state index contributed by atoms with van der Waals surface area (Å²) in [5.74, 6) is 0. The normalized spacial score (nSPS) is 16.9. The maximum Gasteiger partial charge on any atom is 0.243 e. The van der Waals surface area contributed by atoms with Crippen molar-refractivity contribution in [2.24, 2.45) is 0 Å². The minimum atomic E-state index is -3.58. The number of sulfonamides is 1. The molecule has 0 aliphatic carbocycles. The van der Waals surface area contributed by atoms with Crippen LogP contribution in [-0.2, 0) is 19.5 Å². The van der Waals surface area contributed by atoms with Crippen LogP contribution >= 0.6 is 0 Å². The summed E-state index contributed by atoms with van der Waals surface area (Å²) in [7, 11) is -2.04. The van der Waals surface area contributed by atoms with Gasteiger partial charge in [-0.05, 0) is 11.5 Å². The average Bonchev–Trinajstić information content (AvgIpc) is 2.99. The number of hydrogen-bond donors (Lipinski definition) is 0. The van der Waals surface area contributed by atoms with Gasteiger partial charge in [0.2, 0.25) is 10.0 Å². The largest absolute Gasteiger partial charge is 0.349 e. The summed E-state index contributed by atoms with van der Waals surface area (Å²) in [6.07, 6.45) is -0.486. The van der Waals surface area contributed by atoms with Crippen molar-refractivity contribution in [3.8, 4) is 0 Å². The van der Waals surface area contributed by atoms with Crippen LogP contribution in [0.4, 0.5) is 0 Å². The fourth-order valence-corrected chi connectivity index (χ4v) is 3.78. The van der Waals surface area contributed by atoms with Gasteiger partial charge in [-0.15, -0.1) is 0 Å². The summed E-state index contributed by atoms with van der Waals surface area (Å²) >= 11 is 0. The standard InChI is InChI=1S/C15H17NO4S/c1-16(11-15-19-9-10-20-15)21(17,18)14-8-4-6-12-5-2-3-7-13(12)14/h2-8,15H,9-11H2,1H3. The second-order valence-electron chi connectivity index (χ2n) is 4.93. The van der Waals surface area contributed by atoms with Crippen LogP contribution in [0.1, 0.15) is 0 Å². The first kappa shape index (κ1) is 14.5. The molecule has 3 rings (SSSR count). The molecule has 2 aromatic rings. The summed E-state index contributed by atoms with van der Waals surface area (Å²) in [5.41, 5.74) is 0. The molecule has 2 aromatic carbocycles. The lowest BCUT2D eigenvalue weighted by Crippen LogP contribution is -2.34. The first-order valence-electron chi connectivity index (χ1n) is 6.76. The van der Waals surface area contributed by atoms with Crippen LogP contribution in [-0.4, -0.2) is 45.8 Å². The Morgan fingerprint density at radius 2 is 1.76 bits per heavy atom.